The minimum Gasteiger partial charge on any atom is -0.493 e. The number of anilines is 1. The number of benzene rings is 2. The van der Waals surface area contributed by atoms with Crippen LogP contribution >= 0.6 is 11.8 Å². The molecule has 3 rings (SSSR count). The van der Waals surface area contributed by atoms with E-state index in [1.54, 1.807) is 17.8 Å². The summed E-state index contributed by atoms with van der Waals surface area (Å²) in [6.07, 6.45) is 3.93. The van der Waals surface area contributed by atoms with Gasteiger partial charge < -0.3 is 9.64 Å². The number of hydrogen-bond donors (Lipinski definition) is 0. The van der Waals surface area contributed by atoms with E-state index in [4.69, 9.17) is 4.74 Å². The highest BCUT2D eigenvalue weighted by Gasteiger charge is 2.17. The van der Waals surface area contributed by atoms with Gasteiger partial charge in [0, 0.05) is 43.3 Å². The zero-order valence-corrected chi connectivity index (χ0v) is 16.1. The third-order valence-electron chi connectivity index (χ3n) is 4.71. The van der Waals surface area contributed by atoms with Crippen LogP contribution < -0.4 is 9.64 Å². The van der Waals surface area contributed by atoms with Crippen LogP contribution in [-0.4, -0.2) is 56.8 Å². The Hall–Kier alpha value is -1.98. The van der Waals surface area contributed by atoms with Gasteiger partial charge in [-0.15, -0.1) is 11.8 Å². The van der Waals surface area contributed by atoms with Crippen LogP contribution in [0.25, 0.3) is 0 Å². The molecule has 1 aliphatic heterocycles. The van der Waals surface area contributed by atoms with Crippen molar-refractivity contribution < 1.29 is 9.53 Å². The van der Waals surface area contributed by atoms with Crippen molar-refractivity contribution in [2.45, 2.75) is 11.3 Å². The van der Waals surface area contributed by atoms with E-state index in [9.17, 15) is 4.79 Å². The molecule has 0 amide bonds. The van der Waals surface area contributed by atoms with Crippen LogP contribution in [0.5, 0.6) is 5.75 Å². The fourth-order valence-corrected chi connectivity index (χ4v) is 3.67. The molecule has 26 heavy (non-hydrogen) atoms. The van der Waals surface area contributed by atoms with E-state index in [1.807, 2.05) is 18.2 Å². The molecule has 1 heterocycles. The van der Waals surface area contributed by atoms with Crippen molar-refractivity contribution in [2.75, 3.05) is 50.5 Å². The molecule has 0 aliphatic carbocycles. The van der Waals surface area contributed by atoms with Gasteiger partial charge in [-0.2, -0.15) is 0 Å². The molecular formula is C21H26N2O2S. The van der Waals surface area contributed by atoms with Gasteiger partial charge in [0.25, 0.3) is 0 Å². The van der Waals surface area contributed by atoms with Crippen molar-refractivity contribution in [3.8, 4) is 5.75 Å². The second-order valence-corrected chi connectivity index (χ2v) is 7.27. The Labute approximate surface area is 160 Å². The number of carbonyl (C=O) groups excluding carboxylic acids is 1. The number of piperazine rings is 1. The summed E-state index contributed by atoms with van der Waals surface area (Å²) >= 11 is 1.79. The lowest BCUT2D eigenvalue weighted by Crippen LogP contribution is -2.46. The molecule has 0 saturated carbocycles. The monoisotopic (exact) mass is 370 g/mol. The zero-order chi connectivity index (χ0) is 18.2. The minimum atomic E-state index is 0.619. The highest BCUT2D eigenvalue weighted by atomic mass is 32.2. The summed E-state index contributed by atoms with van der Waals surface area (Å²) in [7, 11) is 0. The highest BCUT2D eigenvalue weighted by molar-refractivity contribution is 7.98. The van der Waals surface area contributed by atoms with Crippen molar-refractivity contribution >= 4 is 23.7 Å². The summed E-state index contributed by atoms with van der Waals surface area (Å²) in [5, 5.41) is 0. The lowest BCUT2D eigenvalue weighted by atomic mass is 10.2. The summed E-state index contributed by atoms with van der Waals surface area (Å²) in [5.74, 6) is 0.681. The molecule has 0 spiro atoms. The Kier molecular flexibility index (Phi) is 6.97. The lowest BCUT2D eigenvalue weighted by molar-refractivity contribution is 0.111. The molecule has 1 fully saturated rings. The van der Waals surface area contributed by atoms with Crippen LogP contribution in [0.1, 0.15) is 16.8 Å². The van der Waals surface area contributed by atoms with Crippen molar-refractivity contribution in [3.05, 3.63) is 54.1 Å². The van der Waals surface area contributed by atoms with Gasteiger partial charge in [-0.25, -0.2) is 0 Å². The number of carbonyl (C=O) groups is 1. The second kappa shape index (κ2) is 9.64. The van der Waals surface area contributed by atoms with Gasteiger partial charge in [-0.1, -0.05) is 18.2 Å². The van der Waals surface area contributed by atoms with Crippen LogP contribution in [-0.2, 0) is 0 Å². The number of aldehydes is 1. The topological polar surface area (TPSA) is 32.8 Å². The fourth-order valence-electron chi connectivity index (χ4n) is 3.22. The van der Waals surface area contributed by atoms with E-state index >= 15 is 0 Å². The first-order chi connectivity index (χ1) is 12.8. The number of ether oxygens (including phenoxy) is 1. The van der Waals surface area contributed by atoms with Crippen LogP contribution in [0.15, 0.2) is 53.4 Å². The fraction of sp³-hybridized carbons (Fsp3) is 0.381. The molecular weight excluding hydrogens is 344 g/mol. The third-order valence-corrected chi connectivity index (χ3v) is 5.44. The molecule has 138 valence electrons. The average Bonchev–Trinajstić information content (AvgIpc) is 2.72. The first-order valence-corrected chi connectivity index (χ1v) is 10.3. The molecule has 0 N–H and O–H groups in total. The van der Waals surface area contributed by atoms with E-state index in [0.29, 0.717) is 17.9 Å². The molecule has 2 aromatic rings. The van der Waals surface area contributed by atoms with Crippen molar-refractivity contribution in [1.29, 1.82) is 0 Å². The molecule has 0 unspecified atom stereocenters. The first kappa shape index (κ1) is 18.8. The van der Waals surface area contributed by atoms with Crippen LogP contribution in [0.2, 0.25) is 0 Å². The van der Waals surface area contributed by atoms with Gasteiger partial charge in [-0.3, -0.25) is 9.69 Å². The Morgan fingerprint density at radius 1 is 1.08 bits per heavy atom. The summed E-state index contributed by atoms with van der Waals surface area (Å²) in [5.41, 5.74) is 1.94. The largest absolute Gasteiger partial charge is 0.493 e. The molecule has 2 aromatic carbocycles. The van der Waals surface area contributed by atoms with Crippen LogP contribution in [0.4, 0.5) is 5.69 Å². The number of thioether (sulfide) groups is 1. The number of rotatable bonds is 8. The predicted molar refractivity (Wildman–Crippen MR) is 109 cm³/mol. The number of para-hydroxylation sites is 1. The molecule has 1 saturated heterocycles. The Bertz CT molecular complexity index is 715. The highest BCUT2D eigenvalue weighted by Crippen LogP contribution is 2.23. The van der Waals surface area contributed by atoms with Crippen LogP contribution in [0.3, 0.4) is 0 Å². The molecule has 4 nitrogen and oxygen atoms in total. The lowest BCUT2D eigenvalue weighted by Gasteiger charge is -2.36. The van der Waals surface area contributed by atoms with Crippen molar-refractivity contribution in [3.63, 3.8) is 0 Å². The van der Waals surface area contributed by atoms with Crippen molar-refractivity contribution in [2.24, 2.45) is 0 Å². The molecule has 1 aliphatic rings. The van der Waals surface area contributed by atoms with Crippen LogP contribution in [0, 0.1) is 0 Å². The predicted octanol–water partition coefficient (Wildman–Crippen LogP) is 3.81. The summed E-state index contributed by atoms with van der Waals surface area (Å²) in [4.78, 5) is 17.3. The SMILES string of the molecule is CSc1cccc(N2CCN(CCCOc3ccccc3C=O)CC2)c1. The van der Waals surface area contributed by atoms with Crippen molar-refractivity contribution in [1.82, 2.24) is 4.90 Å². The molecule has 0 bridgehead atoms. The Morgan fingerprint density at radius 2 is 1.88 bits per heavy atom. The van der Waals surface area contributed by atoms with E-state index < -0.39 is 0 Å². The van der Waals surface area contributed by atoms with Gasteiger partial charge in [0.1, 0.15) is 5.75 Å². The molecule has 0 radical (unpaired) electrons. The zero-order valence-electron chi connectivity index (χ0n) is 15.3. The molecule has 0 aromatic heterocycles. The summed E-state index contributed by atoms with van der Waals surface area (Å²) < 4.78 is 5.76. The normalized spacial score (nSPS) is 15.0. The average molecular weight is 371 g/mol. The maximum Gasteiger partial charge on any atom is 0.153 e. The maximum atomic E-state index is 11.0. The Balaban J connectivity index is 1.39. The maximum absolute atomic E-state index is 11.0. The smallest absolute Gasteiger partial charge is 0.153 e. The number of nitrogens with zero attached hydrogens (tertiary/aromatic N) is 2. The second-order valence-electron chi connectivity index (χ2n) is 6.39. The standard InChI is InChI=1S/C21H26N2O2S/c1-26-20-8-4-7-19(16-20)23-13-11-22(12-14-23)10-5-15-25-21-9-3-2-6-18(21)17-24/h2-4,6-9,16-17H,5,10-15H2,1H3. The quantitative estimate of drug-likeness (QED) is 0.401. The first-order valence-electron chi connectivity index (χ1n) is 9.08. The van der Waals surface area contributed by atoms with Gasteiger partial charge in [-0.05, 0) is 43.0 Å². The van der Waals surface area contributed by atoms with Gasteiger partial charge in [0.05, 0.1) is 12.2 Å². The van der Waals surface area contributed by atoms with E-state index in [1.165, 1.54) is 10.6 Å². The van der Waals surface area contributed by atoms with Gasteiger partial charge in [0.2, 0.25) is 0 Å². The Morgan fingerprint density at radius 3 is 2.65 bits per heavy atom. The summed E-state index contributed by atoms with van der Waals surface area (Å²) in [6.45, 7) is 5.95. The van der Waals surface area contributed by atoms with E-state index in [2.05, 4.69) is 40.3 Å². The minimum absolute atomic E-state index is 0.619. The van der Waals surface area contributed by atoms with Gasteiger partial charge in [0.15, 0.2) is 6.29 Å². The van der Waals surface area contributed by atoms with E-state index in [0.717, 1.165) is 45.4 Å². The van der Waals surface area contributed by atoms with E-state index in [-0.39, 0.29) is 0 Å². The molecule has 0 atom stereocenters. The van der Waals surface area contributed by atoms with Gasteiger partial charge >= 0.3 is 0 Å². The molecule has 5 heteroatoms. The third kappa shape index (κ3) is 5.02. The summed E-state index contributed by atoms with van der Waals surface area (Å²) in [6, 6.07) is 16.2. The number of hydrogen-bond acceptors (Lipinski definition) is 5.